The summed E-state index contributed by atoms with van der Waals surface area (Å²) in [6, 6.07) is 37.9. The van der Waals surface area contributed by atoms with E-state index in [1.54, 1.807) is 0 Å². The third-order valence-electron chi connectivity index (χ3n) is 11.0. The normalized spacial score (nSPS) is 12.0. The Kier molecular flexibility index (Phi) is 21.3. The molecule has 4 aromatic rings. The molecule has 0 aliphatic heterocycles. The van der Waals surface area contributed by atoms with E-state index >= 15 is 0 Å². The highest BCUT2D eigenvalue weighted by molar-refractivity contribution is 5.48. The van der Waals surface area contributed by atoms with E-state index in [1.165, 1.54) is 69.8 Å². The number of benzene rings is 4. The van der Waals surface area contributed by atoms with Gasteiger partial charge in [-0.3, -0.25) is 0 Å². The van der Waals surface area contributed by atoms with Crippen molar-refractivity contribution < 1.29 is 23.0 Å². The second-order valence-electron chi connectivity index (χ2n) is 15.8. The van der Waals surface area contributed by atoms with Crippen LogP contribution in [-0.4, -0.2) is 37.8 Å². The summed E-state index contributed by atoms with van der Waals surface area (Å²) in [4.78, 5) is 2.32. The summed E-state index contributed by atoms with van der Waals surface area (Å²) < 4.78 is 43.8. The zero-order chi connectivity index (χ0) is 40.4. The van der Waals surface area contributed by atoms with Gasteiger partial charge in [-0.1, -0.05) is 199 Å². The lowest BCUT2D eigenvalue weighted by Crippen LogP contribution is -2.33. The Hall–Kier alpha value is -3.65. The molecule has 0 aliphatic rings. The first-order chi connectivity index (χ1) is 27.8. The molecule has 0 atom stereocenters. The van der Waals surface area contributed by atoms with E-state index in [9.17, 15) is 18.3 Å². The maximum Gasteiger partial charge on any atom is 0.389 e. The molecule has 0 aromatic heterocycles. The van der Waals surface area contributed by atoms with Gasteiger partial charge >= 0.3 is 6.18 Å². The molecule has 312 valence electrons. The molecule has 0 bridgehead atoms. The summed E-state index contributed by atoms with van der Waals surface area (Å²) in [5.41, 5.74) is 5.68. The van der Waals surface area contributed by atoms with Gasteiger partial charge in [-0.05, 0) is 54.3 Å². The Bertz CT molecular complexity index is 1580. The highest BCUT2D eigenvalue weighted by atomic mass is 19.4. The number of hydrogen-bond donors (Lipinski definition) is 1. The minimum Gasteiger partial charge on any atom is -0.851 e. The Morgan fingerprint density at radius 3 is 1.54 bits per heavy atom. The highest BCUT2D eigenvalue weighted by Crippen LogP contribution is 2.41. The maximum atomic E-state index is 12.2. The molecule has 0 saturated heterocycles. The average Bonchev–Trinajstić information content (AvgIpc) is 3.22. The third-order valence-corrected chi connectivity index (χ3v) is 11.0. The minimum absolute atomic E-state index is 0.207. The van der Waals surface area contributed by atoms with Gasteiger partial charge in [0.25, 0.3) is 0 Å². The molecular weight excluding hydrogens is 718 g/mol. The molecule has 0 fully saturated rings. The van der Waals surface area contributed by atoms with E-state index in [1.807, 2.05) is 24.3 Å². The van der Waals surface area contributed by atoms with Gasteiger partial charge in [-0.25, -0.2) is 0 Å². The summed E-state index contributed by atoms with van der Waals surface area (Å²) in [7, 11) is 2.15. The predicted molar refractivity (Wildman–Crippen MR) is 229 cm³/mol. The fraction of sp³-hybridized carbons (Fsp3) is 0.520. The second kappa shape index (κ2) is 26.4. The van der Waals surface area contributed by atoms with Crippen LogP contribution in [0.3, 0.4) is 0 Å². The molecule has 0 amide bonds. The van der Waals surface area contributed by atoms with Crippen LogP contribution in [0.5, 0.6) is 0 Å². The lowest BCUT2D eigenvalue weighted by molar-refractivity contribution is -0.386. The van der Waals surface area contributed by atoms with Crippen LogP contribution in [0, 0.1) is 0 Å². The van der Waals surface area contributed by atoms with Crippen molar-refractivity contribution in [3.05, 3.63) is 137 Å². The number of hydrogen-bond acceptors (Lipinski definition) is 4. The second-order valence-corrected chi connectivity index (χ2v) is 15.8. The van der Waals surface area contributed by atoms with Gasteiger partial charge in [0.05, 0.1) is 0 Å². The van der Waals surface area contributed by atoms with Gasteiger partial charge in [0.15, 0.2) is 0 Å². The molecule has 0 saturated carbocycles. The first kappa shape index (κ1) is 46.0. The Labute approximate surface area is 342 Å². The highest BCUT2D eigenvalue weighted by Gasteiger charge is 2.37. The lowest BCUT2D eigenvalue weighted by Gasteiger charge is -2.36. The predicted octanol–water partition coefficient (Wildman–Crippen LogP) is 13.0. The number of likely N-dealkylation sites (N-methyl/N-ethyl adjacent to an activating group) is 1. The zero-order valence-corrected chi connectivity index (χ0v) is 34.6. The topological polar surface area (TPSA) is 47.6 Å². The largest absolute Gasteiger partial charge is 0.851 e. The van der Waals surface area contributed by atoms with Gasteiger partial charge < -0.3 is 20.1 Å². The molecule has 0 spiro atoms. The fourth-order valence-corrected chi connectivity index (χ4v) is 7.84. The molecule has 57 heavy (non-hydrogen) atoms. The Morgan fingerprint density at radius 2 is 1.02 bits per heavy atom. The van der Waals surface area contributed by atoms with Gasteiger partial charge in [0.1, 0.15) is 5.60 Å². The monoisotopic (exact) mass is 786 g/mol. The van der Waals surface area contributed by atoms with Crippen LogP contribution in [0.2, 0.25) is 0 Å². The summed E-state index contributed by atoms with van der Waals surface area (Å²) in [5.74, 6) is 0. The van der Waals surface area contributed by atoms with Crippen LogP contribution in [-0.2, 0) is 23.5 Å². The number of ether oxygens (including phenoxy) is 1. The fourth-order valence-electron chi connectivity index (χ4n) is 7.84. The summed E-state index contributed by atoms with van der Waals surface area (Å²) in [6.07, 6.45) is 14.4. The molecule has 0 heterocycles. The van der Waals surface area contributed by atoms with E-state index in [0.29, 0.717) is 13.0 Å². The molecule has 7 heteroatoms. The van der Waals surface area contributed by atoms with E-state index < -0.39 is 18.2 Å². The van der Waals surface area contributed by atoms with E-state index in [-0.39, 0.29) is 13.0 Å². The van der Waals surface area contributed by atoms with Crippen molar-refractivity contribution in [1.29, 1.82) is 0 Å². The maximum absolute atomic E-state index is 12.2. The molecule has 1 N–H and O–H groups in total. The smallest absolute Gasteiger partial charge is 0.389 e. The standard InChI is InChI=1S/C50H68F3N2O2/c1-55(37-36-54-48-34-26-28-44(40-48)42-56)41-43-27-25-33-47(39-43)50(45-29-19-17-20-30-45,46-31-21-18-22-32-46)57-38-24-16-14-12-10-8-6-4-2-3-5-7-9-11-13-15-23-35-49(51,52)53/h17-22,25-34,39-40,54H,2-16,23-24,35-38,41-42H2,1H3/q-1. The van der Waals surface area contributed by atoms with Crippen LogP contribution < -0.4 is 10.4 Å². The van der Waals surface area contributed by atoms with Crippen LogP contribution in [0.25, 0.3) is 0 Å². The average molecular weight is 786 g/mol. The van der Waals surface area contributed by atoms with Crippen molar-refractivity contribution in [3.8, 4) is 0 Å². The van der Waals surface area contributed by atoms with E-state index in [2.05, 4.69) is 102 Å². The van der Waals surface area contributed by atoms with Gasteiger partial charge in [-0.2, -0.15) is 13.2 Å². The summed E-state index contributed by atoms with van der Waals surface area (Å²) >= 11 is 0. The van der Waals surface area contributed by atoms with Crippen LogP contribution in [0.15, 0.2) is 109 Å². The van der Waals surface area contributed by atoms with E-state index in [0.717, 1.165) is 79.7 Å². The number of halogens is 3. The Morgan fingerprint density at radius 1 is 0.544 bits per heavy atom. The lowest BCUT2D eigenvalue weighted by atomic mass is 9.79. The number of nitrogens with one attached hydrogen (secondary N) is 1. The quantitative estimate of drug-likeness (QED) is 0.0422. The molecule has 0 radical (unpaired) electrons. The summed E-state index contributed by atoms with van der Waals surface area (Å²) in [6.45, 7) is 2.91. The van der Waals surface area contributed by atoms with Crippen LogP contribution in [0.1, 0.15) is 143 Å². The van der Waals surface area contributed by atoms with Gasteiger partial charge in [-0.15, -0.1) is 6.61 Å². The SMILES string of the molecule is CN(CCNc1cccc(C[O-])c1)Cc1cccc(C(OCCCCCCCCCCCCCCCCCCCC(F)(F)F)(c2ccccc2)c2ccccc2)c1. The zero-order valence-electron chi connectivity index (χ0n) is 34.6. The van der Waals surface area contributed by atoms with Crippen molar-refractivity contribution in [2.24, 2.45) is 0 Å². The van der Waals surface area contributed by atoms with Crippen LogP contribution in [0.4, 0.5) is 18.9 Å². The Balaban J connectivity index is 1.19. The molecule has 0 unspecified atom stereocenters. The minimum atomic E-state index is -4.00. The van der Waals surface area contributed by atoms with Crippen molar-refractivity contribution in [3.63, 3.8) is 0 Å². The van der Waals surface area contributed by atoms with Crippen molar-refractivity contribution in [1.82, 2.24) is 4.90 Å². The molecule has 0 aliphatic carbocycles. The third kappa shape index (κ3) is 17.4. The van der Waals surface area contributed by atoms with Gasteiger partial charge in [0.2, 0.25) is 0 Å². The number of alkyl halides is 3. The number of unbranched alkanes of at least 4 members (excludes halogenated alkanes) is 16. The molecular formula is C50H68F3N2O2-. The molecule has 4 nitrogen and oxygen atoms in total. The summed E-state index contributed by atoms with van der Waals surface area (Å²) in [5, 5.41) is 14.8. The molecule has 4 aromatic carbocycles. The van der Waals surface area contributed by atoms with E-state index in [4.69, 9.17) is 4.74 Å². The van der Waals surface area contributed by atoms with Gasteiger partial charge in [0, 0.05) is 38.3 Å². The number of rotatable bonds is 30. The number of nitrogens with zero attached hydrogens (tertiary/aromatic N) is 1. The first-order valence-electron chi connectivity index (χ1n) is 21.8. The van der Waals surface area contributed by atoms with Crippen molar-refractivity contribution in [2.45, 2.75) is 141 Å². The van der Waals surface area contributed by atoms with Crippen LogP contribution >= 0.6 is 0 Å². The van der Waals surface area contributed by atoms with Crippen molar-refractivity contribution in [2.75, 3.05) is 32.1 Å². The molecule has 4 rings (SSSR count). The number of anilines is 1. The van der Waals surface area contributed by atoms with Crippen molar-refractivity contribution >= 4 is 5.69 Å². The first-order valence-corrected chi connectivity index (χ1v) is 21.8.